The van der Waals surface area contributed by atoms with Crippen molar-refractivity contribution < 1.29 is 32.1 Å². The first kappa shape index (κ1) is 16.6. The van der Waals surface area contributed by atoms with Crippen LogP contribution in [-0.4, -0.2) is 30.0 Å². The summed E-state index contributed by atoms with van der Waals surface area (Å²) < 4.78 is 5.22. The summed E-state index contributed by atoms with van der Waals surface area (Å²) in [4.78, 5) is 0. The van der Waals surface area contributed by atoms with Crippen molar-refractivity contribution >= 4 is 13.7 Å². The summed E-state index contributed by atoms with van der Waals surface area (Å²) in [5.41, 5.74) is -1.64. The van der Waals surface area contributed by atoms with Crippen molar-refractivity contribution in [2.45, 2.75) is 38.9 Å². The van der Waals surface area contributed by atoms with Gasteiger partial charge in [0.2, 0.25) is 0 Å². The van der Waals surface area contributed by atoms with E-state index in [1.54, 1.807) is 27.7 Å². The zero-order valence-corrected chi connectivity index (χ0v) is 11.2. The molecule has 0 bridgehead atoms. The second-order valence-corrected chi connectivity index (χ2v) is 3.93. The van der Waals surface area contributed by atoms with Crippen LogP contribution in [-0.2, 0) is 27.0 Å². The molecule has 3 nitrogen and oxygen atoms in total. The van der Waals surface area contributed by atoms with Crippen molar-refractivity contribution in [3.8, 4) is 0 Å². The standard InChI is InChI=1S/C9H15BNO2.Nb/c1-7(6-11)10-13-9(4,5)8(2,3)12;/h1,6,12H,2-5H3;/q-2;+2. The maximum absolute atomic E-state index is 9.66. The van der Waals surface area contributed by atoms with Crippen molar-refractivity contribution in [2.75, 3.05) is 0 Å². The van der Waals surface area contributed by atoms with E-state index in [1.807, 2.05) is 0 Å². The first-order chi connectivity index (χ1) is 5.70. The molecule has 0 aliphatic rings. The summed E-state index contributed by atoms with van der Waals surface area (Å²) in [6.07, 6.45) is 0.737. The minimum absolute atomic E-state index is 0. The largest absolute Gasteiger partial charge is 2.00 e. The smallest absolute Gasteiger partial charge is 0.911 e. The van der Waals surface area contributed by atoms with Crippen LogP contribution in [0.4, 0.5) is 0 Å². The first-order valence-electron chi connectivity index (χ1n) is 4.04. The van der Waals surface area contributed by atoms with Crippen molar-refractivity contribution in [1.82, 2.24) is 0 Å². The fraction of sp³-hybridized carbons (Fsp3) is 0.667. The molecule has 1 N–H and O–H groups in total. The summed E-state index contributed by atoms with van der Waals surface area (Å²) in [6.45, 7) is 12.0. The van der Waals surface area contributed by atoms with Gasteiger partial charge in [-0.2, -0.15) is 0 Å². The van der Waals surface area contributed by atoms with Crippen LogP contribution in [0.2, 0.25) is 0 Å². The molecule has 0 aliphatic carbocycles. The second-order valence-electron chi connectivity index (χ2n) is 3.93. The van der Waals surface area contributed by atoms with E-state index in [9.17, 15) is 5.11 Å². The molecule has 0 saturated carbocycles. The molecule has 76 valence electrons. The van der Waals surface area contributed by atoms with Gasteiger partial charge >= 0.3 is 22.4 Å². The number of allylic oxidation sites excluding steroid dienone is 1. The van der Waals surface area contributed by atoms with Crippen molar-refractivity contribution in [3.63, 3.8) is 0 Å². The van der Waals surface area contributed by atoms with Crippen LogP contribution in [0.5, 0.6) is 0 Å². The van der Waals surface area contributed by atoms with Gasteiger partial charge in [-0.15, -0.1) is 0 Å². The van der Waals surface area contributed by atoms with Crippen LogP contribution in [0.15, 0.2) is 5.47 Å². The molecule has 0 spiro atoms. The van der Waals surface area contributed by atoms with Crippen LogP contribution < -0.4 is 0 Å². The molecule has 0 atom stereocenters. The Hall–Kier alpha value is 0.135. The van der Waals surface area contributed by atoms with Crippen LogP contribution in [0.25, 0.3) is 5.41 Å². The number of aliphatic hydroxyl groups is 1. The normalized spacial score (nSPS) is 11.5. The van der Waals surface area contributed by atoms with E-state index in [0.717, 1.165) is 6.21 Å². The third-order valence-corrected chi connectivity index (χ3v) is 2.11. The monoisotopic (exact) mass is 273 g/mol. The van der Waals surface area contributed by atoms with Gasteiger partial charge in [0.05, 0.1) is 11.2 Å². The number of hydrogen-bond acceptors (Lipinski definition) is 2. The average Bonchev–Trinajstić information content (AvgIpc) is 1.98. The second kappa shape index (κ2) is 5.88. The Morgan fingerprint density at radius 2 is 1.86 bits per heavy atom. The quantitative estimate of drug-likeness (QED) is 0.463. The number of hydrogen-bond donors (Lipinski definition) is 1. The SMILES string of the molecule is [CH-]=C([B]OC(C)(C)C(C)(C)O)C=[N-].[Nb+2]. The molecule has 5 heteroatoms. The Balaban J connectivity index is 0. The molecule has 14 heavy (non-hydrogen) atoms. The van der Waals surface area contributed by atoms with Gasteiger partial charge in [0.25, 0.3) is 7.48 Å². The number of nitrogens with zero attached hydrogens (tertiary/aromatic N) is 1. The maximum Gasteiger partial charge on any atom is 2.00 e. The molecule has 0 aromatic heterocycles. The Kier molecular flexibility index (Phi) is 6.96. The Labute approximate surface area is 102 Å². The van der Waals surface area contributed by atoms with E-state index >= 15 is 0 Å². The predicted octanol–water partition coefficient (Wildman–Crippen LogP) is 1.13. The molecule has 0 heterocycles. The molecule has 0 aliphatic heterocycles. The van der Waals surface area contributed by atoms with E-state index < -0.39 is 11.2 Å². The maximum atomic E-state index is 9.66. The van der Waals surface area contributed by atoms with E-state index in [-0.39, 0.29) is 27.9 Å². The van der Waals surface area contributed by atoms with Gasteiger partial charge in [0, 0.05) is 0 Å². The van der Waals surface area contributed by atoms with Crippen LogP contribution in [0.1, 0.15) is 27.7 Å². The minimum atomic E-state index is -0.987. The van der Waals surface area contributed by atoms with Gasteiger partial charge in [-0.25, -0.2) is 0 Å². The Morgan fingerprint density at radius 1 is 1.43 bits per heavy atom. The fourth-order valence-corrected chi connectivity index (χ4v) is 0.390. The molecule has 0 amide bonds. The fourth-order valence-electron chi connectivity index (χ4n) is 0.390. The zero-order valence-electron chi connectivity index (χ0n) is 8.98. The van der Waals surface area contributed by atoms with Gasteiger partial charge in [-0.1, -0.05) is 0 Å². The molecule has 0 rings (SSSR count). The molecule has 0 saturated heterocycles. The van der Waals surface area contributed by atoms with E-state index in [0.29, 0.717) is 0 Å². The number of rotatable bonds is 5. The molecular weight excluding hydrogens is 258 g/mol. The third-order valence-electron chi connectivity index (χ3n) is 2.11. The molecule has 0 unspecified atom stereocenters. The van der Waals surface area contributed by atoms with E-state index in [2.05, 4.69) is 0 Å². The topological polar surface area (TPSA) is 51.8 Å². The Bertz CT molecular complexity index is 211. The summed E-state index contributed by atoms with van der Waals surface area (Å²) in [6, 6.07) is 0. The van der Waals surface area contributed by atoms with E-state index in [4.69, 9.17) is 16.6 Å². The van der Waals surface area contributed by atoms with Crippen molar-refractivity contribution in [1.29, 1.82) is 0 Å². The van der Waals surface area contributed by atoms with Crippen molar-refractivity contribution in [2.24, 2.45) is 0 Å². The zero-order chi connectivity index (χ0) is 10.7. The van der Waals surface area contributed by atoms with Gasteiger partial charge < -0.3 is 21.4 Å². The minimum Gasteiger partial charge on any atom is -0.911 e. The summed E-state index contributed by atoms with van der Waals surface area (Å²) >= 11 is 0. The van der Waals surface area contributed by atoms with E-state index in [1.165, 1.54) is 7.48 Å². The Morgan fingerprint density at radius 3 is 2.14 bits per heavy atom. The summed E-state index contributed by atoms with van der Waals surface area (Å²) in [5, 5.41) is 18.1. The van der Waals surface area contributed by atoms with Crippen molar-refractivity contribution in [3.05, 3.63) is 17.5 Å². The first-order valence-corrected chi connectivity index (χ1v) is 4.04. The van der Waals surface area contributed by atoms with Gasteiger partial charge in [-0.05, 0) is 27.7 Å². The predicted molar refractivity (Wildman–Crippen MR) is 54.5 cm³/mol. The van der Waals surface area contributed by atoms with Gasteiger partial charge in [-0.3, -0.25) is 12.1 Å². The van der Waals surface area contributed by atoms with Gasteiger partial charge in [0.15, 0.2) is 0 Å². The van der Waals surface area contributed by atoms with Crippen LogP contribution in [0.3, 0.4) is 0 Å². The molecule has 0 aromatic carbocycles. The molecule has 0 aromatic rings. The molecule has 2 radical (unpaired) electrons. The third kappa shape index (κ3) is 5.12. The molecule has 0 fully saturated rings. The van der Waals surface area contributed by atoms with Crippen LogP contribution >= 0.6 is 0 Å². The molecular formula is C9H15BNNbO2. The van der Waals surface area contributed by atoms with Crippen LogP contribution in [0, 0.1) is 6.58 Å². The summed E-state index contributed by atoms with van der Waals surface area (Å²) in [7, 11) is 1.21. The van der Waals surface area contributed by atoms with Gasteiger partial charge in [0.1, 0.15) is 0 Å². The summed E-state index contributed by atoms with van der Waals surface area (Å²) in [5.74, 6) is 0. The average molecular weight is 273 g/mol.